The number of aryl methyl sites for hydroxylation is 2. The van der Waals surface area contributed by atoms with E-state index in [0.29, 0.717) is 6.42 Å². The molecule has 0 saturated carbocycles. The van der Waals surface area contributed by atoms with E-state index in [9.17, 15) is 4.79 Å². The van der Waals surface area contributed by atoms with E-state index in [1.54, 1.807) is 0 Å². The number of amides is 1. The molecule has 3 rings (SSSR count). The molecule has 1 aliphatic heterocycles. The fraction of sp³-hybridized carbons (Fsp3) is 0.350. The van der Waals surface area contributed by atoms with E-state index < -0.39 is 0 Å². The first kappa shape index (κ1) is 15.8. The number of nitrogens with zero attached hydrogens (tertiary/aromatic N) is 1. The number of anilines is 1. The van der Waals surface area contributed by atoms with Gasteiger partial charge in [0.15, 0.2) is 0 Å². The minimum absolute atomic E-state index is 0.0915. The number of nitrogens with one attached hydrogen (secondary N) is 1. The molecule has 0 bridgehead atoms. The normalized spacial score (nSPS) is 14.3. The van der Waals surface area contributed by atoms with Crippen molar-refractivity contribution in [2.75, 3.05) is 18.4 Å². The van der Waals surface area contributed by atoms with Gasteiger partial charge in [0, 0.05) is 31.7 Å². The zero-order valence-corrected chi connectivity index (χ0v) is 13.9. The number of benzene rings is 2. The number of carbonyl (C=O) groups excluding carboxylic acids is 1. The number of carbonyl (C=O) groups is 1. The third-order valence-corrected chi connectivity index (χ3v) is 4.37. The van der Waals surface area contributed by atoms with Crippen LogP contribution in [0.25, 0.3) is 0 Å². The Balaban J connectivity index is 1.52. The summed E-state index contributed by atoms with van der Waals surface area (Å²) in [6.07, 6.45) is 1.62. The first-order valence-corrected chi connectivity index (χ1v) is 8.27. The molecule has 23 heavy (non-hydrogen) atoms. The van der Waals surface area contributed by atoms with Crippen molar-refractivity contribution in [3.63, 3.8) is 0 Å². The first-order chi connectivity index (χ1) is 11.1. The van der Waals surface area contributed by atoms with Crippen LogP contribution >= 0.6 is 0 Å². The number of fused-ring (bicyclic) bond motifs is 1. The van der Waals surface area contributed by atoms with Crippen LogP contribution in [0.3, 0.4) is 0 Å². The summed E-state index contributed by atoms with van der Waals surface area (Å²) in [5, 5.41) is 3.02. The van der Waals surface area contributed by atoms with Crippen LogP contribution in [0.4, 0.5) is 5.69 Å². The lowest BCUT2D eigenvalue weighted by molar-refractivity contribution is -0.116. The Morgan fingerprint density at radius 2 is 1.78 bits per heavy atom. The average Bonchev–Trinajstić information content (AvgIpc) is 2.52. The van der Waals surface area contributed by atoms with Gasteiger partial charge in [0.05, 0.1) is 0 Å². The van der Waals surface area contributed by atoms with Crippen LogP contribution < -0.4 is 5.32 Å². The Kier molecular flexibility index (Phi) is 4.77. The van der Waals surface area contributed by atoms with Gasteiger partial charge in [-0.05, 0) is 54.7 Å². The molecule has 0 atom stereocenters. The summed E-state index contributed by atoms with van der Waals surface area (Å²) < 4.78 is 0. The van der Waals surface area contributed by atoms with E-state index in [2.05, 4.69) is 40.5 Å². The van der Waals surface area contributed by atoms with Gasteiger partial charge in [-0.3, -0.25) is 9.69 Å². The summed E-state index contributed by atoms with van der Waals surface area (Å²) in [5.41, 5.74) is 6.09. The largest absolute Gasteiger partial charge is 0.326 e. The van der Waals surface area contributed by atoms with Crippen LogP contribution in [0.2, 0.25) is 0 Å². The molecular weight excluding hydrogens is 284 g/mol. The Morgan fingerprint density at radius 1 is 1.09 bits per heavy atom. The monoisotopic (exact) mass is 308 g/mol. The standard InChI is InChI=1S/C20H24N2O/c1-15-11-16(2)13-19(12-15)21-20(23)8-10-22-9-7-17-5-3-4-6-18(17)14-22/h3-6,11-13H,7-10,14H2,1-2H3,(H,21,23). The summed E-state index contributed by atoms with van der Waals surface area (Å²) in [7, 11) is 0. The summed E-state index contributed by atoms with van der Waals surface area (Å²) in [6, 6.07) is 14.7. The number of hydrogen-bond acceptors (Lipinski definition) is 2. The second kappa shape index (κ2) is 6.97. The van der Waals surface area contributed by atoms with Gasteiger partial charge >= 0.3 is 0 Å². The van der Waals surface area contributed by atoms with Crippen LogP contribution in [-0.2, 0) is 17.8 Å². The van der Waals surface area contributed by atoms with Crippen molar-refractivity contribution in [2.24, 2.45) is 0 Å². The van der Waals surface area contributed by atoms with Gasteiger partial charge in [0.1, 0.15) is 0 Å². The lowest BCUT2D eigenvalue weighted by Gasteiger charge is -2.28. The molecule has 120 valence electrons. The third kappa shape index (κ3) is 4.20. The van der Waals surface area contributed by atoms with E-state index in [-0.39, 0.29) is 5.91 Å². The zero-order valence-electron chi connectivity index (χ0n) is 13.9. The second-order valence-electron chi connectivity index (χ2n) is 6.47. The minimum atomic E-state index is 0.0915. The average molecular weight is 308 g/mol. The Labute approximate surface area is 138 Å². The highest BCUT2D eigenvalue weighted by Gasteiger charge is 2.16. The van der Waals surface area contributed by atoms with Gasteiger partial charge in [-0.1, -0.05) is 30.3 Å². The molecule has 0 saturated heterocycles. The Hall–Kier alpha value is -2.13. The second-order valence-corrected chi connectivity index (χ2v) is 6.47. The zero-order chi connectivity index (χ0) is 16.2. The smallest absolute Gasteiger partial charge is 0.225 e. The fourth-order valence-electron chi connectivity index (χ4n) is 3.28. The van der Waals surface area contributed by atoms with Crippen molar-refractivity contribution in [2.45, 2.75) is 33.2 Å². The van der Waals surface area contributed by atoms with Crippen molar-refractivity contribution in [1.29, 1.82) is 0 Å². The van der Waals surface area contributed by atoms with Crippen molar-refractivity contribution >= 4 is 11.6 Å². The quantitative estimate of drug-likeness (QED) is 0.934. The highest BCUT2D eigenvalue weighted by atomic mass is 16.1. The highest BCUT2D eigenvalue weighted by molar-refractivity contribution is 5.91. The van der Waals surface area contributed by atoms with Crippen molar-refractivity contribution < 1.29 is 4.79 Å². The number of rotatable bonds is 4. The molecule has 1 N–H and O–H groups in total. The van der Waals surface area contributed by atoms with Crippen LogP contribution in [0.15, 0.2) is 42.5 Å². The lowest BCUT2D eigenvalue weighted by Crippen LogP contribution is -2.33. The van der Waals surface area contributed by atoms with E-state index in [0.717, 1.165) is 31.7 Å². The minimum Gasteiger partial charge on any atom is -0.326 e. The third-order valence-electron chi connectivity index (χ3n) is 4.37. The molecule has 2 aromatic rings. The topological polar surface area (TPSA) is 32.3 Å². The molecule has 1 amide bonds. The van der Waals surface area contributed by atoms with Crippen molar-refractivity contribution in [3.8, 4) is 0 Å². The van der Waals surface area contributed by atoms with E-state index in [1.165, 1.54) is 22.3 Å². The van der Waals surface area contributed by atoms with Crippen LogP contribution in [0.5, 0.6) is 0 Å². The molecule has 2 aromatic carbocycles. The molecule has 0 aliphatic carbocycles. The summed E-state index contributed by atoms with van der Waals surface area (Å²) in [4.78, 5) is 14.5. The fourth-order valence-corrected chi connectivity index (χ4v) is 3.28. The van der Waals surface area contributed by atoms with E-state index >= 15 is 0 Å². The first-order valence-electron chi connectivity index (χ1n) is 8.27. The molecule has 0 spiro atoms. The van der Waals surface area contributed by atoms with Gasteiger partial charge in [0.2, 0.25) is 5.91 Å². The predicted molar refractivity (Wildman–Crippen MR) is 94.6 cm³/mol. The van der Waals surface area contributed by atoms with Gasteiger partial charge in [-0.15, -0.1) is 0 Å². The van der Waals surface area contributed by atoms with Gasteiger partial charge in [-0.25, -0.2) is 0 Å². The molecule has 3 heteroatoms. The maximum absolute atomic E-state index is 12.2. The molecule has 1 heterocycles. The Bertz CT molecular complexity index is 688. The maximum Gasteiger partial charge on any atom is 0.225 e. The van der Waals surface area contributed by atoms with E-state index in [4.69, 9.17) is 0 Å². The van der Waals surface area contributed by atoms with Gasteiger partial charge in [-0.2, -0.15) is 0 Å². The number of hydrogen-bond donors (Lipinski definition) is 1. The Morgan fingerprint density at radius 3 is 2.52 bits per heavy atom. The van der Waals surface area contributed by atoms with E-state index in [1.807, 2.05) is 26.0 Å². The maximum atomic E-state index is 12.2. The summed E-state index contributed by atoms with van der Waals surface area (Å²) in [5.74, 6) is 0.0915. The van der Waals surface area contributed by atoms with Gasteiger partial charge in [0.25, 0.3) is 0 Å². The molecule has 3 nitrogen and oxygen atoms in total. The SMILES string of the molecule is Cc1cc(C)cc(NC(=O)CCN2CCc3ccccc3C2)c1. The van der Waals surface area contributed by atoms with Crippen LogP contribution in [0.1, 0.15) is 28.7 Å². The highest BCUT2D eigenvalue weighted by Crippen LogP contribution is 2.19. The molecule has 0 radical (unpaired) electrons. The molecular formula is C20H24N2O. The molecule has 0 fully saturated rings. The predicted octanol–water partition coefficient (Wildman–Crippen LogP) is 3.69. The lowest BCUT2D eigenvalue weighted by atomic mass is 10.00. The van der Waals surface area contributed by atoms with Crippen molar-refractivity contribution in [3.05, 3.63) is 64.7 Å². The molecule has 0 aromatic heterocycles. The summed E-state index contributed by atoms with van der Waals surface area (Å²) >= 11 is 0. The van der Waals surface area contributed by atoms with Gasteiger partial charge < -0.3 is 5.32 Å². The summed E-state index contributed by atoms with van der Waals surface area (Å²) in [6.45, 7) is 6.90. The molecule has 1 aliphatic rings. The van der Waals surface area contributed by atoms with Crippen LogP contribution in [0, 0.1) is 13.8 Å². The molecule has 0 unspecified atom stereocenters. The van der Waals surface area contributed by atoms with Crippen LogP contribution in [-0.4, -0.2) is 23.9 Å². The van der Waals surface area contributed by atoms with Crippen molar-refractivity contribution in [1.82, 2.24) is 4.90 Å².